The second-order valence-electron chi connectivity index (χ2n) is 7.09. The summed E-state index contributed by atoms with van der Waals surface area (Å²) in [5, 5.41) is 9.98. The number of aromatic nitrogens is 2. The number of nitrogens with zero attached hydrogens (tertiary/aromatic N) is 2. The fraction of sp³-hybridized carbons (Fsp3) is 0.0385. The molecule has 0 aliphatic rings. The quantitative estimate of drug-likeness (QED) is 0.432. The van der Waals surface area contributed by atoms with Gasteiger partial charge in [-0.15, -0.1) is 0 Å². The van der Waals surface area contributed by atoms with Crippen molar-refractivity contribution in [3.05, 3.63) is 120 Å². The van der Waals surface area contributed by atoms with Crippen LogP contribution in [0.4, 0.5) is 5.69 Å². The molecule has 0 atom stereocenters. The van der Waals surface area contributed by atoms with Gasteiger partial charge in [0.25, 0.3) is 5.91 Å². The van der Waals surface area contributed by atoms with E-state index in [1.807, 2.05) is 66.9 Å². The molecule has 0 bridgehead atoms. The van der Waals surface area contributed by atoms with Gasteiger partial charge in [0.1, 0.15) is 0 Å². The fourth-order valence-electron chi connectivity index (χ4n) is 3.15. The third kappa shape index (κ3) is 5.37. The Kier molecular flexibility index (Phi) is 6.53. The Labute approximate surface area is 186 Å². The smallest absolute Gasteiger partial charge is 0.253 e. The zero-order valence-electron chi connectivity index (χ0n) is 17.3. The first-order valence-corrected chi connectivity index (χ1v) is 10.2. The lowest BCUT2D eigenvalue weighted by Crippen LogP contribution is -2.24. The molecule has 6 nitrogen and oxygen atoms in total. The third-order valence-corrected chi connectivity index (χ3v) is 4.78. The number of amides is 2. The molecule has 2 amide bonds. The lowest BCUT2D eigenvalue weighted by atomic mass is 10.1. The van der Waals surface area contributed by atoms with Crippen LogP contribution in [0.2, 0.25) is 0 Å². The van der Waals surface area contributed by atoms with Crippen molar-refractivity contribution in [2.75, 3.05) is 5.32 Å². The second kappa shape index (κ2) is 10.0. The van der Waals surface area contributed by atoms with Crippen LogP contribution in [-0.4, -0.2) is 21.6 Å². The molecule has 4 aromatic rings. The normalized spacial score (nSPS) is 10.8. The van der Waals surface area contributed by atoms with Crippen molar-refractivity contribution in [3.63, 3.8) is 0 Å². The molecule has 0 unspecified atom stereocenters. The van der Waals surface area contributed by atoms with Crippen molar-refractivity contribution in [1.82, 2.24) is 15.1 Å². The summed E-state index contributed by atoms with van der Waals surface area (Å²) >= 11 is 0. The number of carbonyl (C=O) groups excluding carboxylic acids is 2. The maximum atomic E-state index is 12.6. The zero-order chi connectivity index (χ0) is 22.2. The first-order valence-electron chi connectivity index (χ1n) is 10.2. The molecule has 0 aliphatic heterocycles. The molecule has 2 N–H and O–H groups in total. The highest BCUT2D eigenvalue weighted by molar-refractivity contribution is 6.07. The molecule has 0 saturated heterocycles. The van der Waals surface area contributed by atoms with Crippen LogP contribution in [-0.2, 0) is 11.3 Å². The molecule has 0 radical (unpaired) electrons. The molecular weight excluding hydrogens is 400 g/mol. The maximum Gasteiger partial charge on any atom is 0.253 e. The molecule has 0 saturated carbocycles. The Morgan fingerprint density at radius 3 is 2.34 bits per heavy atom. The summed E-state index contributed by atoms with van der Waals surface area (Å²) in [6, 6.07) is 26.3. The maximum absolute atomic E-state index is 12.6. The Morgan fingerprint density at radius 2 is 1.56 bits per heavy atom. The minimum Gasteiger partial charge on any atom is -0.348 e. The van der Waals surface area contributed by atoms with Crippen molar-refractivity contribution in [2.45, 2.75) is 6.54 Å². The molecule has 32 heavy (non-hydrogen) atoms. The molecule has 4 rings (SSSR count). The van der Waals surface area contributed by atoms with Crippen molar-refractivity contribution in [1.29, 1.82) is 0 Å². The van der Waals surface area contributed by atoms with Crippen molar-refractivity contribution in [3.8, 4) is 5.69 Å². The van der Waals surface area contributed by atoms with Crippen LogP contribution < -0.4 is 10.6 Å². The van der Waals surface area contributed by atoms with E-state index >= 15 is 0 Å². The number of carbonyl (C=O) groups is 2. The summed E-state index contributed by atoms with van der Waals surface area (Å²) in [5.74, 6) is -0.585. The third-order valence-electron chi connectivity index (χ3n) is 4.78. The summed E-state index contributed by atoms with van der Waals surface area (Å²) in [5.41, 5.74) is 3.58. The minimum absolute atomic E-state index is 0.252. The molecule has 1 heterocycles. The van der Waals surface area contributed by atoms with Gasteiger partial charge >= 0.3 is 0 Å². The molecule has 0 fully saturated rings. The van der Waals surface area contributed by atoms with Gasteiger partial charge in [-0.25, -0.2) is 4.68 Å². The van der Waals surface area contributed by atoms with Gasteiger partial charge in [-0.2, -0.15) is 5.10 Å². The Hall–Kier alpha value is -4.45. The fourth-order valence-corrected chi connectivity index (χ4v) is 3.15. The topological polar surface area (TPSA) is 76.0 Å². The number of anilines is 1. The van der Waals surface area contributed by atoms with E-state index in [1.165, 1.54) is 6.08 Å². The zero-order valence-corrected chi connectivity index (χ0v) is 17.3. The van der Waals surface area contributed by atoms with Gasteiger partial charge in [-0.3, -0.25) is 9.59 Å². The molecule has 0 aliphatic carbocycles. The van der Waals surface area contributed by atoms with Crippen molar-refractivity contribution >= 4 is 23.6 Å². The van der Waals surface area contributed by atoms with E-state index in [2.05, 4.69) is 15.7 Å². The number of para-hydroxylation sites is 2. The van der Waals surface area contributed by atoms with Crippen LogP contribution in [0.5, 0.6) is 0 Å². The lowest BCUT2D eigenvalue weighted by Gasteiger charge is -2.10. The highest BCUT2D eigenvalue weighted by atomic mass is 16.2. The average molecular weight is 422 g/mol. The highest BCUT2D eigenvalue weighted by Gasteiger charge is 2.12. The molecular formula is C26H22N4O2. The van der Waals surface area contributed by atoms with Crippen LogP contribution in [0.25, 0.3) is 11.8 Å². The van der Waals surface area contributed by atoms with E-state index in [9.17, 15) is 9.59 Å². The molecule has 3 aromatic carbocycles. The summed E-state index contributed by atoms with van der Waals surface area (Å²) in [6.07, 6.45) is 6.62. The lowest BCUT2D eigenvalue weighted by molar-refractivity contribution is -0.111. The summed E-state index contributed by atoms with van der Waals surface area (Å²) < 4.78 is 1.74. The Morgan fingerprint density at radius 1 is 0.875 bits per heavy atom. The van der Waals surface area contributed by atoms with Crippen LogP contribution in [0.15, 0.2) is 103 Å². The van der Waals surface area contributed by atoms with Gasteiger partial charge in [-0.1, -0.05) is 60.7 Å². The van der Waals surface area contributed by atoms with Crippen LogP contribution in [0, 0.1) is 0 Å². The van der Waals surface area contributed by atoms with Gasteiger partial charge in [0.15, 0.2) is 0 Å². The van der Waals surface area contributed by atoms with E-state index < -0.39 is 0 Å². The van der Waals surface area contributed by atoms with Crippen LogP contribution in [0.3, 0.4) is 0 Å². The molecule has 1 aromatic heterocycles. The van der Waals surface area contributed by atoms with Gasteiger partial charge in [0, 0.05) is 24.4 Å². The van der Waals surface area contributed by atoms with Crippen LogP contribution in [0.1, 0.15) is 21.5 Å². The Balaban J connectivity index is 1.39. The molecule has 158 valence electrons. The number of hydrogen-bond donors (Lipinski definition) is 2. The predicted octanol–water partition coefficient (Wildman–Crippen LogP) is 4.45. The number of rotatable bonds is 7. The van der Waals surface area contributed by atoms with E-state index in [1.54, 1.807) is 41.2 Å². The first kappa shape index (κ1) is 20.8. The van der Waals surface area contributed by atoms with Gasteiger partial charge in [0.2, 0.25) is 5.91 Å². The van der Waals surface area contributed by atoms with E-state index in [0.29, 0.717) is 17.8 Å². The monoisotopic (exact) mass is 422 g/mol. The van der Waals surface area contributed by atoms with Gasteiger partial charge < -0.3 is 10.6 Å². The highest BCUT2D eigenvalue weighted by Crippen LogP contribution is 2.16. The van der Waals surface area contributed by atoms with Crippen LogP contribution >= 0.6 is 0 Å². The average Bonchev–Trinajstić information content (AvgIpc) is 3.32. The summed E-state index contributed by atoms with van der Waals surface area (Å²) in [6.45, 7) is 0.410. The van der Waals surface area contributed by atoms with Gasteiger partial charge in [-0.05, 0) is 35.9 Å². The predicted molar refractivity (Wildman–Crippen MR) is 125 cm³/mol. The van der Waals surface area contributed by atoms with E-state index in [0.717, 1.165) is 16.8 Å². The Bertz CT molecular complexity index is 1230. The van der Waals surface area contributed by atoms with Crippen molar-refractivity contribution < 1.29 is 9.59 Å². The summed E-state index contributed by atoms with van der Waals surface area (Å²) in [7, 11) is 0. The summed E-state index contributed by atoms with van der Waals surface area (Å²) in [4.78, 5) is 25.1. The second-order valence-corrected chi connectivity index (χ2v) is 7.09. The number of benzene rings is 3. The first-order chi connectivity index (χ1) is 15.7. The molecule has 6 heteroatoms. The van der Waals surface area contributed by atoms with E-state index in [4.69, 9.17) is 0 Å². The van der Waals surface area contributed by atoms with Gasteiger partial charge in [0.05, 0.1) is 23.1 Å². The number of hydrogen-bond acceptors (Lipinski definition) is 3. The van der Waals surface area contributed by atoms with Crippen molar-refractivity contribution in [2.24, 2.45) is 0 Å². The molecule has 0 spiro atoms. The van der Waals surface area contributed by atoms with E-state index in [-0.39, 0.29) is 11.8 Å². The number of nitrogens with one attached hydrogen (secondary N) is 2. The minimum atomic E-state index is -0.333. The largest absolute Gasteiger partial charge is 0.348 e. The standard InChI is InChI=1S/C26H22N4O2/c31-25(16-15-21-18-28-30(19-21)22-11-5-2-6-12-22)29-24-14-8-7-13-23(24)26(32)27-17-20-9-3-1-4-10-20/h1-16,18-19H,17H2,(H,27,32)(H,29,31)/b16-15+. The SMILES string of the molecule is O=C(/C=C/c1cnn(-c2ccccc2)c1)Nc1ccccc1C(=O)NCc1ccccc1.